The maximum absolute atomic E-state index is 14.8. The molecule has 8 amide bonds. The highest BCUT2D eigenvalue weighted by Crippen LogP contribution is 2.71. The molecule has 12 nitrogen and oxygen atoms in total. The molecule has 14 fully saturated rings. The van der Waals surface area contributed by atoms with Gasteiger partial charge >= 0.3 is 0 Å². The van der Waals surface area contributed by atoms with Crippen LogP contribution >= 0.6 is 0 Å². The van der Waals surface area contributed by atoms with Crippen molar-refractivity contribution in [3.63, 3.8) is 0 Å². The number of carbonyl (C=O) groups excluding carboxylic acids is 8. The molecule has 4 saturated heterocycles. The highest BCUT2D eigenvalue weighted by atomic mass is 16.2. The number of nitrogens with zero attached hydrogens (tertiary/aromatic N) is 4. The quantitative estimate of drug-likeness (QED) is 0.140. The van der Waals surface area contributed by atoms with Crippen LogP contribution in [0.3, 0.4) is 0 Å². The minimum absolute atomic E-state index is 0.0236. The second-order valence-corrected chi connectivity index (χ2v) is 27.5. The number of piperidine rings is 4. The van der Waals surface area contributed by atoms with Gasteiger partial charge in [0.2, 0.25) is 47.3 Å². The monoisotopic (exact) mass is 1000 g/mol. The third kappa shape index (κ3) is 6.72. The molecule has 0 bridgehead atoms. The van der Waals surface area contributed by atoms with Crippen molar-refractivity contribution in [2.75, 3.05) is 26.2 Å². The normalized spacial score (nSPS) is 48.8. The molecule has 0 aromatic rings. The smallest absolute Gasteiger partial charge is 0.232 e. The number of rotatable bonds is 12. The molecule has 4 aliphatic heterocycles. The molecule has 10 aliphatic carbocycles. The van der Waals surface area contributed by atoms with Crippen LogP contribution in [-0.2, 0) is 38.4 Å². The molecule has 10 saturated carbocycles. The van der Waals surface area contributed by atoms with Gasteiger partial charge in [0.25, 0.3) is 0 Å². The van der Waals surface area contributed by atoms with Gasteiger partial charge in [0.1, 0.15) is 0 Å². The average molecular weight is 1000 g/mol. The van der Waals surface area contributed by atoms with Crippen LogP contribution in [0.5, 0.6) is 0 Å². The highest BCUT2D eigenvalue weighted by Gasteiger charge is 2.70. The van der Waals surface area contributed by atoms with E-state index in [2.05, 4.69) is 13.8 Å². The van der Waals surface area contributed by atoms with E-state index in [1.807, 2.05) is 0 Å². The van der Waals surface area contributed by atoms with E-state index in [0.29, 0.717) is 90.5 Å². The van der Waals surface area contributed by atoms with Crippen molar-refractivity contribution >= 4 is 47.3 Å². The van der Waals surface area contributed by atoms with Crippen molar-refractivity contribution in [1.29, 1.82) is 0 Å². The lowest BCUT2D eigenvalue weighted by atomic mass is 9.38. The van der Waals surface area contributed by atoms with Gasteiger partial charge in [-0.15, -0.1) is 0 Å². The SMILES string of the molecule is CCCCCN1C(=O)C2CCC3C4CCC5C(=O)N(CCCN6C(=O)C7CCC8C9CCC%10C(=O)N(CCCCC)C(=O)C%11CCC(C%12CCC(C6=O)C7C8%12)C9C%10%11)C(=O)C6CCC(C7CCC(C1=O)C2C37)C4C56. The molecular formula is C61H84N4O8. The van der Waals surface area contributed by atoms with E-state index in [-0.39, 0.29) is 131 Å². The van der Waals surface area contributed by atoms with Gasteiger partial charge in [-0.1, -0.05) is 39.5 Å². The van der Waals surface area contributed by atoms with Crippen molar-refractivity contribution in [2.45, 2.75) is 162 Å². The zero-order valence-electron chi connectivity index (χ0n) is 44.0. The summed E-state index contributed by atoms with van der Waals surface area (Å²) in [5, 5.41) is 0. The summed E-state index contributed by atoms with van der Waals surface area (Å²) < 4.78 is 0. The molecule has 16 atom stereocenters. The molecule has 14 aliphatic rings. The Hall–Kier alpha value is -3.44. The van der Waals surface area contributed by atoms with Crippen LogP contribution in [0.2, 0.25) is 0 Å². The van der Waals surface area contributed by atoms with Gasteiger partial charge in [-0.2, -0.15) is 0 Å². The summed E-state index contributed by atoms with van der Waals surface area (Å²) in [6, 6.07) is 0. The second kappa shape index (κ2) is 18.1. The van der Waals surface area contributed by atoms with Gasteiger partial charge in [-0.25, -0.2) is 0 Å². The summed E-state index contributed by atoms with van der Waals surface area (Å²) >= 11 is 0. The van der Waals surface area contributed by atoms with Gasteiger partial charge in [0, 0.05) is 73.5 Å². The Morgan fingerprint density at radius 2 is 0.425 bits per heavy atom. The zero-order valence-corrected chi connectivity index (χ0v) is 44.0. The fourth-order valence-corrected chi connectivity index (χ4v) is 23.5. The Kier molecular flexibility index (Phi) is 11.9. The van der Waals surface area contributed by atoms with Crippen LogP contribution in [-0.4, -0.2) is 93.0 Å². The number of unbranched alkanes of at least 4 members (excludes halogenated alkanes) is 4. The minimum Gasteiger partial charge on any atom is -0.282 e. The molecule has 396 valence electrons. The van der Waals surface area contributed by atoms with Crippen LogP contribution < -0.4 is 0 Å². The first-order chi connectivity index (χ1) is 35.5. The summed E-state index contributed by atoms with van der Waals surface area (Å²) in [4.78, 5) is 122. The minimum atomic E-state index is -0.167. The highest BCUT2D eigenvalue weighted by molar-refractivity contribution is 6.03. The molecule has 0 spiro atoms. The van der Waals surface area contributed by atoms with Crippen LogP contribution in [0.1, 0.15) is 162 Å². The molecule has 0 aromatic carbocycles. The van der Waals surface area contributed by atoms with E-state index in [1.165, 1.54) is 0 Å². The molecule has 0 radical (unpaired) electrons. The average Bonchev–Trinajstić information content (AvgIpc) is 3.40. The largest absolute Gasteiger partial charge is 0.282 e. The van der Waals surface area contributed by atoms with Crippen LogP contribution in [0.25, 0.3) is 0 Å². The molecule has 12 heteroatoms. The van der Waals surface area contributed by atoms with E-state index >= 15 is 0 Å². The number of hydrogen-bond donors (Lipinski definition) is 0. The second-order valence-electron chi connectivity index (χ2n) is 27.5. The topological polar surface area (TPSA) is 150 Å². The van der Waals surface area contributed by atoms with E-state index in [4.69, 9.17) is 0 Å². The van der Waals surface area contributed by atoms with Gasteiger partial charge < -0.3 is 0 Å². The number of carbonyl (C=O) groups is 8. The summed E-state index contributed by atoms with van der Waals surface area (Å²) in [7, 11) is 0. The van der Waals surface area contributed by atoms with Gasteiger partial charge in [0.15, 0.2) is 0 Å². The number of fused-ring (bicyclic) bond motifs is 4. The number of hydrogen-bond acceptors (Lipinski definition) is 8. The summed E-state index contributed by atoms with van der Waals surface area (Å²) in [5.41, 5.74) is 0. The molecule has 73 heavy (non-hydrogen) atoms. The number of amides is 8. The zero-order chi connectivity index (χ0) is 49.9. The molecular weight excluding hydrogens is 917 g/mol. The van der Waals surface area contributed by atoms with Crippen LogP contribution in [0, 0.1) is 142 Å². The van der Waals surface area contributed by atoms with Crippen molar-refractivity contribution in [2.24, 2.45) is 142 Å². The van der Waals surface area contributed by atoms with Crippen molar-refractivity contribution in [3.05, 3.63) is 0 Å². The molecule has 16 unspecified atom stereocenters. The van der Waals surface area contributed by atoms with Crippen LogP contribution in [0.4, 0.5) is 0 Å². The van der Waals surface area contributed by atoms with Gasteiger partial charge in [-0.3, -0.25) is 58.0 Å². The summed E-state index contributed by atoms with van der Waals surface area (Å²) in [5.74, 6) is 5.04. The van der Waals surface area contributed by atoms with Crippen molar-refractivity contribution < 1.29 is 38.4 Å². The van der Waals surface area contributed by atoms with E-state index < -0.39 is 0 Å². The van der Waals surface area contributed by atoms with Gasteiger partial charge in [0.05, 0.1) is 0 Å². The first-order valence-electron chi connectivity index (χ1n) is 30.9. The van der Waals surface area contributed by atoms with E-state index in [9.17, 15) is 38.4 Å². The lowest BCUT2D eigenvalue weighted by Gasteiger charge is -2.67. The predicted octanol–water partition coefficient (Wildman–Crippen LogP) is 8.40. The number of likely N-dealkylation sites (tertiary alicyclic amines) is 4. The first kappa shape index (κ1) is 48.0. The maximum Gasteiger partial charge on any atom is 0.232 e. The molecule has 0 aromatic heterocycles. The molecule has 0 N–H and O–H groups in total. The van der Waals surface area contributed by atoms with Crippen molar-refractivity contribution in [3.8, 4) is 0 Å². The van der Waals surface area contributed by atoms with Crippen molar-refractivity contribution in [1.82, 2.24) is 19.6 Å². The summed E-state index contributed by atoms with van der Waals surface area (Å²) in [6.07, 6.45) is 21.0. The third-order valence-corrected chi connectivity index (χ3v) is 25.5. The van der Waals surface area contributed by atoms with Crippen LogP contribution in [0.15, 0.2) is 0 Å². The third-order valence-electron chi connectivity index (χ3n) is 25.5. The number of imide groups is 4. The maximum atomic E-state index is 14.8. The first-order valence-corrected chi connectivity index (χ1v) is 30.9. The lowest BCUT2D eigenvalue weighted by molar-refractivity contribution is -0.210. The fourth-order valence-electron chi connectivity index (χ4n) is 23.5. The predicted molar refractivity (Wildman–Crippen MR) is 268 cm³/mol. The Balaban J connectivity index is 0.639. The Labute approximate surface area is 433 Å². The lowest BCUT2D eigenvalue weighted by Crippen LogP contribution is -2.68. The Morgan fingerprint density at radius 3 is 0.603 bits per heavy atom. The molecule has 4 heterocycles. The Morgan fingerprint density at radius 1 is 0.247 bits per heavy atom. The Bertz CT molecular complexity index is 2060. The van der Waals surface area contributed by atoms with E-state index in [0.717, 1.165) is 141 Å². The summed E-state index contributed by atoms with van der Waals surface area (Å²) in [6.45, 7) is 5.95. The fraction of sp³-hybridized carbons (Fsp3) is 0.869. The standard InChI is InChI=1S/C61H84N4O8/c1-3-5-7-26-62-54(66)38-18-10-30-34-14-22-42-52-43(23-15-35(48(34)52)31-11-19-39(55(62)67)50(38)46(30)31)59(71)64(58(42)70)28-9-29-65-60(72)44-24-16-36-32-12-20-40-51-41(57(69)63(56(40)68)27-8-6-4-2)21-13-33(47(32)51)37-17-25-45(61(65)73)53(44)49(36)37/h30-53H,3-29H2,1-2H3. The molecule has 14 rings (SSSR count). The van der Waals surface area contributed by atoms with Gasteiger partial charge in [-0.05, 0) is 217 Å². The van der Waals surface area contributed by atoms with E-state index in [1.54, 1.807) is 19.6 Å².